The molecule has 0 saturated heterocycles. The van der Waals surface area contributed by atoms with Crippen LogP contribution in [0.1, 0.15) is 38.5 Å². The van der Waals surface area contributed by atoms with Crippen molar-refractivity contribution >= 4 is 40.8 Å². The summed E-state index contributed by atoms with van der Waals surface area (Å²) in [5.41, 5.74) is -0.732. The molecule has 2 fully saturated rings. The lowest BCUT2D eigenvalue weighted by Crippen LogP contribution is -2.56. The van der Waals surface area contributed by atoms with Gasteiger partial charge in [0.1, 0.15) is 5.54 Å². The molecular formula is C13H19N3O2S3. The van der Waals surface area contributed by atoms with Crippen LogP contribution in [0.3, 0.4) is 0 Å². The number of carboxylic acids is 1. The molecule has 3 rings (SSSR count). The van der Waals surface area contributed by atoms with Gasteiger partial charge in [0.15, 0.2) is 8.68 Å². The van der Waals surface area contributed by atoms with E-state index < -0.39 is 11.5 Å². The Morgan fingerprint density at radius 2 is 2.14 bits per heavy atom. The third kappa shape index (κ3) is 3.72. The number of thioether (sulfide) groups is 2. The number of aromatic nitrogens is 2. The van der Waals surface area contributed by atoms with Gasteiger partial charge in [0.25, 0.3) is 0 Å². The minimum atomic E-state index is -0.732. The van der Waals surface area contributed by atoms with Crippen LogP contribution < -0.4 is 5.32 Å². The second-order valence-corrected chi connectivity index (χ2v) is 9.26. The van der Waals surface area contributed by atoms with Crippen LogP contribution in [0.25, 0.3) is 0 Å². The lowest BCUT2D eigenvalue weighted by molar-refractivity contribution is -0.146. The summed E-state index contributed by atoms with van der Waals surface area (Å²) in [6, 6.07) is 0.412. The summed E-state index contributed by atoms with van der Waals surface area (Å²) in [5.74, 6) is -0.693. The fraction of sp³-hybridized carbons (Fsp3) is 0.769. The van der Waals surface area contributed by atoms with Crippen molar-refractivity contribution in [2.24, 2.45) is 0 Å². The number of nitrogens with one attached hydrogen (secondary N) is 1. The zero-order valence-corrected chi connectivity index (χ0v) is 14.3. The Hall–Kier alpha value is -0.310. The molecule has 0 spiro atoms. The topological polar surface area (TPSA) is 75.1 Å². The van der Waals surface area contributed by atoms with Crippen molar-refractivity contribution in [1.29, 1.82) is 0 Å². The van der Waals surface area contributed by atoms with Gasteiger partial charge >= 0.3 is 5.97 Å². The number of hydrogen-bond acceptors (Lipinski definition) is 7. The van der Waals surface area contributed by atoms with Crippen LogP contribution in [-0.2, 0) is 4.79 Å². The van der Waals surface area contributed by atoms with Crippen LogP contribution in [0.5, 0.6) is 0 Å². The fourth-order valence-corrected chi connectivity index (χ4v) is 5.83. The standard InChI is InChI=1S/C13H19N3O2S3/c1-19-11-15-16-12(21-11)20-9-3-2-6-13(7-9,10(17)18)14-8-4-5-8/h8-9,14H,2-7H2,1H3,(H,17,18). The van der Waals surface area contributed by atoms with E-state index in [1.807, 2.05) is 6.26 Å². The second-order valence-electron chi connectivity index (χ2n) is 5.68. The van der Waals surface area contributed by atoms with Gasteiger partial charge in [-0.15, -0.1) is 10.2 Å². The molecule has 116 valence electrons. The first-order valence-corrected chi connectivity index (χ1v) is 10.1. The molecule has 1 heterocycles. The van der Waals surface area contributed by atoms with Crippen LogP contribution in [0.2, 0.25) is 0 Å². The normalized spacial score (nSPS) is 29.5. The molecule has 21 heavy (non-hydrogen) atoms. The van der Waals surface area contributed by atoms with Crippen molar-refractivity contribution in [2.45, 2.75) is 64.0 Å². The van der Waals surface area contributed by atoms with Crippen LogP contribution in [-0.4, -0.2) is 44.4 Å². The smallest absolute Gasteiger partial charge is 0.323 e. The van der Waals surface area contributed by atoms with E-state index in [2.05, 4.69) is 15.5 Å². The van der Waals surface area contributed by atoms with Crippen LogP contribution in [0, 0.1) is 0 Å². The molecule has 1 aromatic rings. The van der Waals surface area contributed by atoms with Gasteiger partial charge in [0.2, 0.25) is 0 Å². The van der Waals surface area contributed by atoms with E-state index in [1.54, 1.807) is 34.9 Å². The molecule has 0 amide bonds. The average Bonchev–Trinajstić information content (AvgIpc) is 3.15. The number of hydrogen-bond donors (Lipinski definition) is 2. The van der Waals surface area contributed by atoms with Gasteiger partial charge in [-0.3, -0.25) is 10.1 Å². The van der Waals surface area contributed by atoms with Gasteiger partial charge in [0.05, 0.1) is 0 Å². The SMILES string of the molecule is CSc1nnc(SC2CCCC(NC3CC3)(C(=O)O)C2)s1. The molecule has 2 unspecified atom stereocenters. The first kappa shape index (κ1) is 15.6. The number of aliphatic carboxylic acids is 1. The molecule has 2 N–H and O–H groups in total. The lowest BCUT2D eigenvalue weighted by Gasteiger charge is -2.38. The van der Waals surface area contributed by atoms with Crippen molar-refractivity contribution in [1.82, 2.24) is 15.5 Å². The highest BCUT2D eigenvalue weighted by atomic mass is 32.2. The largest absolute Gasteiger partial charge is 0.480 e. The summed E-state index contributed by atoms with van der Waals surface area (Å²) < 4.78 is 1.92. The zero-order chi connectivity index (χ0) is 14.9. The quantitative estimate of drug-likeness (QED) is 0.768. The zero-order valence-electron chi connectivity index (χ0n) is 11.9. The van der Waals surface area contributed by atoms with Gasteiger partial charge in [-0.2, -0.15) is 0 Å². The molecule has 2 atom stereocenters. The van der Waals surface area contributed by atoms with E-state index in [0.29, 0.717) is 17.7 Å². The van der Waals surface area contributed by atoms with Crippen molar-refractivity contribution in [3.8, 4) is 0 Å². The molecule has 0 aliphatic heterocycles. The predicted octanol–water partition coefficient (Wildman–Crippen LogP) is 2.87. The molecule has 0 aromatic carbocycles. The summed E-state index contributed by atoms with van der Waals surface area (Å²) in [6.07, 6.45) is 7.64. The highest BCUT2D eigenvalue weighted by Crippen LogP contribution is 2.41. The molecule has 2 saturated carbocycles. The van der Waals surface area contributed by atoms with E-state index in [0.717, 1.165) is 40.8 Å². The van der Waals surface area contributed by atoms with E-state index in [1.165, 1.54) is 0 Å². The summed E-state index contributed by atoms with van der Waals surface area (Å²) in [5, 5.41) is 21.7. The Labute approximate surface area is 136 Å². The Bertz CT molecular complexity index is 521. The fourth-order valence-electron chi connectivity index (χ4n) is 2.80. The Morgan fingerprint density at radius 3 is 2.76 bits per heavy atom. The van der Waals surface area contributed by atoms with Crippen molar-refractivity contribution in [3.05, 3.63) is 0 Å². The minimum absolute atomic E-state index is 0.309. The Morgan fingerprint density at radius 1 is 1.38 bits per heavy atom. The lowest BCUT2D eigenvalue weighted by atomic mass is 9.81. The van der Waals surface area contributed by atoms with E-state index >= 15 is 0 Å². The average molecular weight is 346 g/mol. The number of carbonyl (C=O) groups is 1. The van der Waals surface area contributed by atoms with Crippen molar-refractivity contribution < 1.29 is 9.90 Å². The minimum Gasteiger partial charge on any atom is -0.480 e. The molecule has 5 nitrogen and oxygen atoms in total. The van der Waals surface area contributed by atoms with Crippen LogP contribution >= 0.6 is 34.9 Å². The molecule has 8 heteroatoms. The highest BCUT2D eigenvalue weighted by molar-refractivity contribution is 8.03. The summed E-state index contributed by atoms with van der Waals surface area (Å²) in [7, 11) is 0. The summed E-state index contributed by atoms with van der Waals surface area (Å²) >= 11 is 4.89. The maximum absolute atomic E-state index is 11.8. The van der Waals surface area contributed by atoms with Gasteiger partial charge in [-0.05, 0) is 44.8 Å². The third-order valence-corrected chi connectivity index (χ3v) is 7.25. The Balaban J connectivity index is 1.67. The Kier molecular flexibility index (Phi) is 4.78. The molecule has 0 bridgehead atoms. The molecular weight excluding hydrogens is 326 g/mol. The van der Waals surface area contributed by atoms with E-state index in [4.69, 9.17) is 0 Å². The number of rotatable bonds is 6. The first-order valence-electron chi connectivity index (χ1n) is 7.16. The second kappa shape index (κ2) is 6.44. The van der Waals surface area contributed by atoms with Crippen LogP contribution in [0.4, 0.5) is 0 Å². The van der Waals surface area contributed by atoms with Gasteiger partial charge in [-0.25, -0.2) is 0 Å². The monoisotopic (exact) mass is 345 g/mol. The maximum Gasteiger partial charge on any atom is 0.323 e. The predicted molar refractivity (Wildman–Crippen MR) is 86.3 cm³/mol. The highest BCUT2D eigenvalue weighted by Gasteiger charge is 2.46. The van der Waals surface area contributed by atoms with Crippen molar-refractivity contribution in [2.75, 3.05) is 6.26 Å². The van der Waals surface area contributed by atoms with Gasteiger partial charge < -0.3 is 5.11 Å². The number of carboxylic acid groups (broad SMARTS) is 1. The van der Waals surface area contributed by atoms with Crippen molar-refractivity contribution in [3.63, 3.8) is 0 Å². The van der Waals surface area contributed by atoms with Gasteiger partial charge in [0, 0.05) is 11.3 Å². The van der Waals surface area contributed by atoms with E-state index in [9.17, 15) is 9.90 Å². The summed E-state index contributed by atoms with van der Waals surface area (Å²) in [6.45, 7) is 0. The first-order chi connectivity index (χ1) is 10.1. The van der Waals surface area contributed by atoms with Crippen LogP contribution in [0.15, 0.2) is 8.68 Å². The molecule has 2 aliphatic rings. The molecule has 1 aromatic heterocycles. The summed E-state index contributed by atoms with van der Waals surface area (Å²) in [4.78, 5) is 11.8. The van der Waals surface area contributed by atoms with Gasteiger partial charge in [-0.1, -0.05) is 34.9 Å². The maximum atomic E-state index is 11.8. The molecule has 0 radical (unpaired) electrons. The number of nitrogens with zero attached hydrogens (tertiary/aromatic N) is 2. The van der Waals surface area contributed by atoms with E-state index in [-0.39, 0.29) is 0 Å². The third-order valence-electron chi connectivity index (χ3n) is 4.00. The molecule has 2 aliphatic carbocycles.